The predicted molar refractivity (Wildman–Crippen MR) is 61.1 cm³/mol. The van der Waals surface area contributed by atoms with E-state index < -0.39 is 5.82 Å². The van der Waals surface area contributed by atoms with Crippen LogP contribution in [0.5, 0.6) is 0 Å². The van der Waals surface area contributed by atoms with Gasteiger partial charge in [-0.15, -0.1) is 0 Å². The summed E-state index contributed by atoms with van der Waals surface area (Å²) in [6.07, 6.45) is 0. The van der Waals surface area contributed by atoms with Gasteiger partial charge in [0.2, 0.25) is 0 Å². The molecule has 1 aromatic rings. The minimum absolute atomic E-state index is 0.200. The zero-order chi connectivity index (χ0) is 11.4. The van der Waals surface area contributed by atoms with E-state index in [1.54, 1.807) is 24.1 Å². The van der Waals surface area contributed by atoms with Gasteiger partial charge < -0.3 is 10.6 Å². The summed E-state index contributed by atoms with van der Waals surface area (Å²) in [6.45, 7) is 1.02. The maximum Gasteiger partial charge on any atom is 0.161 e. The van der Waals surface area contributed by atoms with Gasteiger partial charge in [-0.2, -0.15) is 5.26 Å². The molecule has 1 rings (SSSR count). The van der Waals surface area contributed by atoms with Crippen molar-refractivity contribution >= 4 is 21.6 Å². The van der Waals surface area contributed by atoms with Gasteiger partial charge in [0.25, 0.3) is 0 Å². The highest BCUT2D eigenvalue weighted by molar-refractivity contribution is 9.10. The third kappa shape index (κ3) is 2.46. The van der Waals surface area contributed by atoms with Crippen molar-refractivity contribution < 1.29 is 4.39 Å². The highest BCUT2D eigenvalue weighted by Crippen LogP contribution is 2.28. The molecule has 0 fully saturated rings. The maximum atomic E-state index is 13.7. The number of halogens is 2. The van der Waals surface area contributed by atoms with E-state index in [2.05, 4.69) is 15.9 Å². The average molecular weight is 272 g/mol. The zero-order valence-corrected chi connectivity index (χ0v) is 9.88. The molecule has 15 heavy (non-hydrogen) atoms. The zero-order valence-electron chi connectivity index (χ0n) is 8.30. The van der Waals surface area contributed by atoms with Crippen LogP contribution in [0, 0.1) is 17.1 Å². The lowest BCUT2D eigenvalue weighted by atomic mass is 10.2. The minimum atomic E-state index is -0.426. The Morgan fingerprint density at radius 2 is 2.27 bits per heavy atom. The van der Waals surface area contributed by atoms with E-state index in [-0.39, 0.29) is 10.0 Å². The molecule has 0 heterocycles. The predicted octanol–water partition coefficient (Wildman–Crippen LogP) is 1.85. The van der Waals surface area contributed by atoms with E-state index >= 15 is 0 Å². The monoisotopic (exact) mass is 271 g/mol. The van der Waals surface area contributed by atoms with Crippen LogP contribution in [-0.4, -0.2) is 20.1 Å². The Morgan fingerprint density at radius 3 is 2.80 bits per heavy atom. The summed E-state index contributed by atoms with van der Waals surface area (Å²) >= 11 is 3.06. The summed E-state index contributed by atoms with van der Waals surface area (Å²) in [7, 11) is 1.75. The van der Waals surface area contributed by atoms with E-state index in [9.17, 15) is 4.39 Å². The van der Waals surface area contributed by atoms with Gasteiger partial charge in [0.15, 0.2) is 5.82 Å². The Hall–Kier alpha value is -1.12. The lowest BCUT2D eigenvalue weighted by Crippen LogP contribution is -2.25. The number of anilines is 1. The number of likely N-dealkylation sites (N-methyl/N-ethyl adjacent to an activating group) is 1. The summed E-state index contributed by atoms with van der Waals surface area (Å²) in [4.78, 5) is 1.71. The van der Waals surface area contributed by atoms with E-state index in [0.717, 1.165) is 0 Å². The van der Waals surface area contributed by atoms with E-state index in [4.69, 9.17) is 11.0 Å². The van der Waals surface area contributed by atoms with Crippen molar-refractivity contribution in [3.63, 3.8) is 0 Å². The molecule has 2 N–H and O–H groups in total. The maximum absolute atomic E-state index is 13.7. The van der Waals surface area contributed by atoms with E-state index in [1.807, 2.05) is 6.07 Å². The topological polar surface area (TPSA) is 53.0 Å². The third-order valence-electron chi connectivity index (χ3n) is 2.06. The summed E-state index contributed by atoms with van der Waals surface area (Å²) in [5.74, 6) is -0.426. The van der Waals surface area contributed by atoms with Crippen LogP contribution in [0.4, 0.5) is 10.1 Å². The number of nitriles is 1. The Morgan fingerprint density at radius 1 is 1.60 bits per heavy atom. The number of nitrogens with zero attached hydrogens (tertiary/aromatic N) is 2. The fraction of sp³-hybridized carbons (Fsp3) is 0.300. The molecule has 0 aliphatic carbocycles. The molecular formula is C10H11BrFN3. The molecule has 0 aliphatic heterocycles. The standard InChI is InChI=1S/C10H11BrFN3/c1-15(5-4-13)8-3-2-7(6-14)9(11)10(8)12/h2-3H,4-5,13H2,1H3. The van der Waals surface area contributed by atoms with Gasteiger partial charge in [0.1, 0.15) is 6.07 Å². The minimum Gasteiger partial charge on any atom is -0.371 e. The van der Waals surface area contributed by atoms with Crippen molar-refractivity contribution in [2.45, 2.75) is 0 Å². The third-order valence-corrected chi connectivity index (χ3v) is 2.83. The van der Waals surface area contributed by atoms with Crippen LogP contribution in [-0.2, 0) is 0 Å². The molecule has 0 saturated heterocycles. The summed E-state index contributed by atoms with van der Waals surface area (Å²) < 4.78 is 13.9. The van der Waals surface area contributed by atoms with Crippen LogP contribution in [0.3, 0.4) is 0 Å². The highest BCUT2D eigenvalue weighted by atomic mass is 79.9. The molecule has 1 aromatic carbocycles. The molecule has 80 valence electrons. The van der Waals surface area contributed by atoms with Gasteiger partial charge >= 0.3 is 0 Å². The van der Waals surface area contributed by atoms with Crippen LogP contribution in [0.15, 0.2) is 16.6 Å². The molecule has 0 atom stereocenters. The molecule has 0 saturated carbocycles. The number of rotatable bonds is 3. The molecule has 0 amide bonds. The quantitative estimate of drug-likeness (QED) is 0.913. The molecule has 0 spiro atoms. The average Bonchev–Trinajstić information content (AvgIpc) is 2.22. The van der Waals surface area contributed by atoms with Crippen LogP contribution in [0.1, 0.15) is 5.56 Å². The van der Waals surface area contributed by atoms with E-state index in [0.29, 0.717) is 18.8 Å². The summed E-state index contributed by atoms with van der Waals surface area (Å²) in [5.41, 5.74) is 6.11. The SMILES string of the molecule is CN(CCN)c1ccc(C#N)c(Br)c1F. The first-order valence-electron chi connectivity index (χ1n) is 4.41. The highest BCUT2D eigenvalue weighted by Gasteiger charge is 2.13. The van der Waals surface area contributed by atoms with Crippen molar-refractivity contribution in [3.8, 4) is 6.07 Å². The summed E-state index contributed by atoms with van der Waals surface area (Å²) in [6, 6.07) is 5.06. The van der Waals surface area contributed by atoms with Crippen LogP contribution in [0.25, 0.3) is 0 Å². The fourth-order valence-corrected chi connectivity index (χ4v) is 1.66. The molecule has 0 aliphatic rings. The second-order valence-corrected chi connectivity index (χ2v) is 3.88. The number of nitrogens with two attached hydrogens (primary N) is 1. The van der Waals surface area contributed by atoms with E-state index in [1.165, 1.54) is 0 Å². The number of hydrogen-bond acceptors (Lipinski definition) is 3. The van der Waals surface area contributed by atoms with Crippen molar-refractivity contribution in [2.75, 3.05) is 25.0 Å². The lowest BCUT2D eigenvalue weighted by Gasteiger charge is -2.19. The van der Waals surface area contributed by atoms with Crippen molar-refractivity contribution in [2.24, 2.45) is 5.73 Å². The Kier molecular flexibility index (Phi) is 4.06. The molecule has 5 heteroatoms. The Labute approximate surface area is 96.4 Å². The van der Waals surface area contributed by atoms with Crippen LogP contribution in [0.2, 0.25) is 0 Å². The first-order valence-corrected chi connectivity index (χ1v) is 5.20. The molecule has 3 nitrogen and oxygen atoms in total. The molecule has 0 radical (unpaired) electrons. The molecule has 0 bridgehead atoms. The van der Waals surface area contributed by atoms with Gasteiger partial charge in [0.05, 0.1) is 15.7 Å². The molecular weight excluding hydrogens is 261 g/mol. The first kappa shape index (κ1) is 12.0. The second kappa shape index (κ2) is 5.10. The normalized spacial score (nSPS) is 9.80. The lowest BCUT2D eigenvalue weighted by molar-refractivity contribution is 0.615. The second-order valence-electron chi connectivity index (χ2n) is 3.08. The smallest absolute Gasteiger partial charge is 0.161 e. The van der Waals surface area contributed by atoms with Crippen molar-refractivity contribution in [1.82, 2.24) is 0 Å². The molecule has 0 aromatic heterocycles. The van der Waals surface area contributed by atoms with Gasteiger partial charge in [-0.3, -0.25) is 0 Å². The Balaban J connectivity index is 3.13. The van der Waals surface area contributed by atoms with Crippen molar-refractivity contribution in [1.29, 1.82) is 5.26 Å². The molecule has 0 unspecified atom stereocenters. The number of benzene rings is 1. The fourth-order valence-electron chi connectivity index (χ4n) is 1.23. The van der Waals surface area contributed by atoms with Gasteiger partial charge in [-0.25, -0.2) is 4.39 Å². The van der Waals surface area contributed by atoms with Gasteiger partial charge in [-0.05, 0) is 28.1 Å². The summed E-state index contributed by atoms with van der Waals surface area (Å²) in [5, 5.41) is 8.70. The Bertz CT molecular complexity index is 400. The van der Waals surface area contributed by atoms with Gasteiger partial charge in [0, 0.05) is 20.1 Å². The number of hydrogen-bond donors (Lipinski definition) is 1. The van der Waals surface area contributed by atoms with Gasteiger partial charge in [-0.1, -0.05) is 0 Å². The van der Waals surface area contributed by atoms with Crippen LogP contribution < -0.4 is 10.6 Å². The van der Waals surface area contributed by atoms with Crippen LogP contribution >= 0.6 is 15.9 Å². The largest absolute Gasteiger partial charge is 0.371 e. The van der Waals surface area contributed by atoms with Crippen molar-refractivity contribution in [3.05, 3.63) is 28.0 Å². The first-order chi connectivity index (χ1) is 7.11.